The predicted molar refractivity (Wildman–Crippen MR) is 91.1 cm³/mol. The molecule has 1 heterocycles. The second-order valence-electron chi connectivity index (χ2n) is 5.52. The van der Waals surface area contributed by atoms with Crippen molar-refractivity contribution in [3.63, 3.8) is 0 Å². The maximum absolute atomic E-state index is 12.2. The number of amides is 1. The third-order valence-electron chi connectivity index (χ3n) is 3.67. The first-order chi connectivity index (χ1) is 12.0. The molecule has 1 fully saturated rings. The Morgan fingerprint density at radius 1 is 1.28 bits per heavy atom. The van der Waals surface area contributed by atoms with E-state index in [0.717, 1.165) is 11.1 Å². The Labute approximate surface area is 146 Å². The molecule has 0 saturated carbocycles. The van der Waals surface area contributed by atoms with Crippen molar-refractivity contribution >= 4 is 17.3 Å². The lowest BCUT2D eigenvalue weighted by atomic mass is 10.1. The molecule has 1 saturated heterocycles. The molecule has 1 aromatic carbocycles. The summed E-state index contributed by atoms with van der Waals surface area (Å²) in [5, 5.41) is 21.1. The van der Waals surface area contributed by atoms with Crippen LogP contribution in [0.3, 0.4) is 0 Å². The van der Waals surface area contributed by atoms with Crippen molar-refractivity contribution in [1.29, 1.82) is 10.5 Å². The maximum Gasteiger partial charge on any atom is 0.260 e. The summed E-state index contributed by atoms with van der Waals surface area (Å²) < 4.78 is 10.9. The lowest BCUT2D eigenvalue weighted by molar-refractivity contribution is -0.137. The van der Waals surface area contributed by atoms with Gasteiger partial charge < -0.3 is 14.4 Å². The number of hydrogen-bond donors (Lipinski definition) is 1. The van der Waals surface area contributed by atoms with Crippen molar-refractivity contribution in [2.24, 2.45) is 5.10 Å². The number of anilines is 1. The van der Waals surface area contributed by atoms with Gasteiger partial charge in [0, 0.05) is 13.1 Å². The van der Waals surface area contributed by atoms with E-state index >= 15 is 0 Å². The Kier molecular flexibility index (Phi) is 6.33. The monoisotopic (exact) mass is 341 g/mol. The molecule has 25 heavy (non-hydrogen) atoms. The van der Waals surface area contributed by atoms with Crippen molar-refractivity contribution in [3.8, 4) is 17.9 Å². The summed E-state index contributed by atoms with van der Waals surface area (Å²) >= 11 is 0. The number of benzene rings is 1. The number of carbonyl (C=O) groups excluding carboxylic acids is 1. The summed E-state index contributed by atoms with van der Waals surface area (Å²) in [6, 6.07) is 6.90. The Balaban J connectivity index is 2.02. The topological polar surface area (TPSA) is 111 Å². The van der Waals surface area contributed by atoms with E-state index in [4.69, 9.17) is 20.0 Å². The molecule has 1 aromatic rings. The summed E-state index contributed by atoms with van der Waals surface area (Å²) in [6.07, 6.45) is 0. The zero-order valence-corrected chi connectivity index (χ0v) is 14.2. The van der Waals surface area contributed by atoms with Crippen molar-refractivity contribution < 1.29 is 14.3 Å². The fourth-order valence-electron chi connectivity index (χ4n) is 2.48. The number of nitrogens with zero attached hydrogens (tertiary/aromatic N) is 4. The van der Waals surface area contributed by atoms with Gasteiger partial charge in [0.15, 0.2) is 6.61 Å². The molecule has 1 aliphatic heterocycles. The molecule has 0 atom stereocenters. The van der Waals surface area contributed by atoms with E-state index in [9.17, 15) is 4.79 Å². The van der Waals surface area contributed by atoms with Crippen LogP contribution in [0.5, 0.6) is 5.75 Å². The molecule has 1 aliphatic rings. The van der Waals surface area contributed by atoms with Crippen LogP contribution >= 0.6 is 0 Å². The Morgan fingerprint density at radius 3 is 2.44 bits per heavy atom. The van der Waals surface area contributed by atoms with Crippen molar-refractivity contribution in [3.05, 3.63) is 23.3 Å². The van der Waals surface area contributed by atoms with E-state index in [1.165, 1.54) is 0 Å². The second-order valence-corrected chi connectivity index (χ2v) is 5.52. The highest BCUT2D eigenvalue weighted by Gasteiger charge is 2.18. The van der Waals surface area contributed by atoms with Gasteiger partial charge in [-0.3, -0.25) is 10.2 Å². The highest BCUT2D eigenvalue weighted by atomic mass is 16.5. The van der Waals surface area contributed by atoms with Crippen molar-refractivity contribution in [1.82, 2.24) is 4.90 Å². The molecule has 0 unspecified atom stereocenters. The average molecular weight is 341 g/mol. The van der Waals surface area contributed by atoms with Crippen LogP contribution in [0.1, 0.15) is 11.1 Å². The molecule has 2 rings (SSSR count). The lowest BCUT2D eigenvalue weighted by Gasteiger charge is -2.27. The first kappa shape index (κ1) is 18.2. The van der Waals surface area contributed by atoms with Crippen molar-refractivity contribution in [2.75, 3.05) is 38.3 Å². The minimum atomic E-state index is -0.258. The largest absolute Gasteiger partial charge is 0.483 e. The fourth-order valence-corrected chi connectivity index (χ4v) is 2.48. The van der Waals surface area contributed by atoms with Gasteiger partial charge in [-0.1, -0.05) is 0 Å². The zero-order valence-electron chi connectivity index (χ0n) is 14.2. The van der Waals surface area contributed by atoms with Gasteiger partial charge in [-0.25, -0.2) is 0 Å². The Bertz CT molecular complexity index is 716. The van der Waals surface area contributed by atoms with E-state index in [1.54, 1.807) is 29.2 Å². The van der Waals surface area contributed by atoms with E-state index in [-0.39, 0.29) is 18.2 Å². The number of rotatable bonds is 5. The summed E-state index contributed by atoms with van der Waals surface area (Å²) in [6.45, 7) is 5.95. The van der Waals surface area contributed by atoms with E-state index < -0.39 is 0 Å². The third-order valence-corrected chi connectivity index (χ3v) is 3.67. The van der Waals surface area contributed by atoms with Gasteiger partial charge in [0.2, 0.25) is 5.71 Å². The molecule has 8 nitrogen and oxygen atoms in total. The third kappa shape index (κ3) is 4.93. The van der Waals surface area contributed by atoms with Crippen molar-refractivity contribution in [2.45, 2.75) is 13.8 Å². The Hall–Kier alpha value is -3.10. The number of nitrogens with one attached hydrogen (secondary N) is 1. The van der Waals surface area contributed by atoms with E-state index in [1.807, 2.05) is 13.8 Å². The highest BCUT2D eigenvalue weighted by Crippen LogP contribution is 2.27. The van der Waals surface area contributed by atoms with Crippen LogP contribution in [0.15, 0.2) is 17.2 Å². The summed E-state index contributed by atoms with van der Waals surface area (Å²) in [5.74, 6) is 0.568. The summed E-state index contributed by atoms with van der Waals surface area (Å²) in [4.78, 5) is 13.9. The molecular formula is C17H19N5O3. The molecule has 0 aromatic heterocycles. The van der Waals surface area contributed by atoms with Crippen LogP contribution in [-0.2, 0) is 9.53 Å². The zero-order chi connectivity index (χ0) is 18.2. The summed E-state index contributed by atoms with van der Waals surface area (Å²) in [7, 11) is 0. The quantitative estimate of drug-likeness (QED) is 0.639. The van der Waals surface area contributed by atoms with Crippen LogP contribution in [0.25, 0.3) is 0 Å². The van der Waals surface area contributed by atoms with Gasteiger partial charge in [-0.15, -0.1) is 0 Å². The molecule has 0 aliphatic carbocycles. The molecule has 0 bridgehead atoms. The number of carbonyl (C=O) groups is 1. The number of aryl methyl sites for hydroxylation is 2. The number of hydrazone groups is 1. The second kappa shape index (κ2) is 8.67. The minimum absolute atomic E-state index is 0.0282. The van der Waals surface area contributed by atoms with Gasteiger partial charge >= 0.3 is 0 Å². The van der Waals surface area contributed by atoms with Gasteiger partial charge in [-0.2, -0.15) is 15.6 Å². The van der Waals surface area contributed by atoms with Crippen LogP contribution in [0.2, 0.25) is 0 Å². The first-order valence-corrected chi connectivity index (χ1v) is 7.78. The smallest absolute Gasteiger partial charge is 0.260 e. The van der Waals surface area contributed by atoms with Crippen LogP contribution in [0, 0.1) is 36.5 Å². The number of hydrogen-bond acceptors (Lipinski definition) is 7. The van der Waals surface area contributed by atoms with Gasteiger partial charge in [0.05, 0.1) is 18.9 Å². The predicted octanol–water partition coefficient (Wildman–Crippen LogP) is 1.36. The highest BCUT2D eigenvalue weighted by molar-refractivity contribution is 6.10. The van der Waals surface area contributed by atoms with Crippen LogP contribution < -0.4 is 10.2 Å². The molecule has 1 amide bonds. The van der Waals surface area contributed by atoms with Crippen LogP contribution in [0.4, 0.5) is 5.69 Å². The van der Waals surface area contributed by atoms with E-state index in [2.05, 4.69) is 10.5 Å². The molecule has 0 spiro atoms. The van der Waals surface area contributed by atoms with Crippen LogP contribution in [-0.4, -0.2) is 49.4 Å². The SMILES string of the molecule is Cc1cc(NN=C(C#N)C#N)cc(C)c1OCC(=O)N1CCOCC1. The lowest BCUT2D eigenvalue weighted by Crippen LogP contribution is -2.43. The number of morpholine rings is 1. The summed E-state index contributed by atoms with van der Waals surface area (Å²) in [5.41, 5.74) is 4.69. The number of ether oxygens (including phenoxy) is 2. The molecule has 1 N–H and O–H groups in total. The first-order valence-electron chi connectivity index (χ1n) is 7.78. The normalized spacial score (nSPS) is 13.4. The van der Waals surface area contributed by atoms with E-state index in [0.29, 0.717) is 37.7 Å². The van der Waals surface area contributed by atoms with Gasteiger partial charge in [0.25, 0.3) is 5.91 Å². The molecule has 130 valence electrons. The maximum atomic E-state index is 12.2. The average Bonchev–Trinajstić information content (AvgIpc) is 2.62. The van der Waals surface area contributed by atoms with Gasteiger partial charge in [0.1, 0.15) is 17.9 Å². The Morgan fingerprint density at radius 2 is 1.88 bits per heavy atom. The van der Waals surface area contributed by atoms with Gasteiger partial charge in [-0.05, 0) is 37.1 Å². The fraction of sp³-hybridized carbons (Fsp3) is 0.412. The molecule has 0 radical (unpaired) electrons. The standard InChI is InChI=1S/C17H19N5O3/c1-12-7-14(20-21-15(9-18)10-19)8-13(2)17(12)25-11-16(23)22-3-5-24-6-4-22/h7-8,20H,3-6,11H2,1-2H3. The minimum Gasteiger partial charge on any atom is -0.483 e. The number of nitriles is 2. The molecular weight excluding hydrogens is 322 g/mol. The molecule has 8 heteroatoms.